The minimum Gasteiger partial charge on any atom is -0.329 e. The Morgan fingerprint density at radius 1 is 1.50 bits per heavy atom. The van der Waals surface area contributed by atoms with Crippen LogP contribution in [0, 0.1) is 0 Å². The number of hydrogen-bond donors (Lipinski definition) is 1. The highest BCUT2D eigenvalue weighted by Gasteiger charge is 2.52. The topological polar surface area (TPSA) is 18.5 Å². The van der Waals surface area contributed by atoms with Crippen LogP contribution in [-0.4, -0.2) is 34.1 Å². The van der Waals surface area contributed by atoms with E-state index in [9.17, 15) is 0 Å². The summed E-state index contributed by atoms with van der Waals surface area (Å²) in [5.41, 5.74) is 1.27. The molecule has 0 aromatic carbocycles. The van der Waals surface area contributed by atoms with E-state index in [0.29, 0.717) is 0 Å². The minimum atomic E-state index is -0.124. The molecule has 1 unspecified atom stereocenters. The summed E-state index contributed by atoms with van der Waals surface area (Å²) in [5.74, 6) is 0. The van der Waals surface area contributed by atoms with Crippen LogP contribution in [0.4, 0.5) is 0 Å². The second-order valence-electron chi connectivity index (χ2n) is 3.03. The Kier molecular flexibility index (Phi) is 1.56. The summed E-state index contributed by atoms with van der Waals surface area (Å²) in [5, 5.41) is 6.08. The van der Waals surface area contributed by atoms with E-state index in [4.69, 9.17) is 12.2 Å². The number of allylic oxidation sites excluding steroid dienone is 1. The first-order valence-corrected chi connectivity index (χ1v) is 5.01. The molecule has 0 aromatic rings. The van der Waals surface area contributed by atoms with Gasteiger partial charge < -0.3 is 15.1 Å². The lowest BCUT2D eigenvalue weighted by Crippen LogP contribution is -2.76. The molecule has 0 bridgehead atoms. The van der Waals surface area contributed by atoms with Gasteiger partial charge in [-0.3, -0.25) is 0 Å². The van der Waals surface area contributed by atoms with Gasteiger partial charge in [0.25, 0.3) is 0 Å². The van der Waals surface area contributed by atoms with Gasteiger partial charge in [-0.2, -0.15) is 0 Å². The van der Waals surface area contributed by atoms with Crippen LogP contribution in [-0.2, 0) is 0 Å². The highest BCUT2D eigenvalue weighted by molar-refractivity contribution is 8.03. The zero-order valence-electron chi connectivity index (χ0n) is 7.29. The highest BCUT2D eigenvalue weighted by Crippen LogP contribution is 2.43. The molecule has 1 spiro atoms. The van der Waals surface area contributed by atoms with Crippen molar-refractivity contribution in [3.8, 4) is 0 Å². The Balaban J connectivity index is 2.23. The zero-order chi connectivity index (χ0) is 8.93. The van der Waals surface area contributed by atoms with E-state index in [1.165, 1.54) is 5.70 Å². The summed E-state index contributed by atoms with van der Waals surface area (Å²) in [6.45, 7) is 2.10. The molecule has 12 heavy (non-hydrogen) atoms. The van der Waals surface area contributed by atoms with Crippen LogP contribution < -0.4 is 5.32 Å². The van der Waals surface area contributed by atoms with Crippen LogP contribution in [0.2, 0.25) is 0 Å². The first-order chi connectivity index (χ1) is 5.58. The lowest BCUT2D eigenvalue weighted by Gasteiger charge is -2.54. The number of rotatable bonds is 0. The van der Waals surface area contributed by atoms with Gasteiger partial charge in [-0.05, 0) is 24.5 Å². The first kappa shape index (κ1) is 8.19. The summed E-state index contributed by atoms with van der Waals surface area (Å²) >= 11 is 6.81. The first-order valence-electron chi connectivity index (χ1n) is 3.72. The van der Waals surface area contributed by atoms with E-state index in [-0.39, 0.29) is 5.12 Å². The van der Waals surface area contributed by atoms with Crippen molar-refractivity contribution in [3.05, 3.63) is 11.1 Å². The standard InChI is InChI=1S/C7H11N3S2/c1-5-4-12-7(9(5)2)8-6(11)10(7)3/h4H,1-3H3,(H,8,11). The van der Waals surface area contributed by atoms with Gasteiger partial charge in [-0.1, -0.05) is 11.8 Å². The van der Waals surface area contributed by atoms with Crippen molar-refractivity contribution in [1.82, 2.24) is 15.1 Å². The summed E-state index contributed by atoms with van der Waals surface area (Å²) < 4.78 is 0. The average Bonchev–Trinajstić information content (AvgIpc) is 2.35. The van der Waals surface area contributed by atoms with Crippen molar-refractivity contribution in [3.63, 3.8) is 0 Å². The number of thioether (sulfide) groups is 1. The van der Waals surface area contributed by atoms with Gasteiger partial charge in [0.2, 0.25) is 5.12 Å². The smallest absolute Gasteiger partial charge is 0.247 e. The molecular weight excluding hydrogens is 190 g/mol. The largest absolute Gasteiger partial charge is 0.329 e. The van der Waals surface area contributed by atoms with Crippen LogP contribution in [0.1, 0.15) is 6.92 Å². The summed E-state index contributed by atoms with van der Waals surface area (Å²) in [6, 6.07) is 0. The second kappa shape index (κ2) is 2.29. The van der Waals surface area contributed by atoms with E-state index in [0.717, 1.165) is 5.11 Å². The number of nitrogens with zero attached hydrogens (tertiary/aromatic N) is 2. The van der Waals surface area contributed by atoms with Crippen LogP contribution in [0.25, 0.3) is 0 Å². The molecule has 2 rings (SSSR count). The normalized spacial score (nSPS) is 33.6. The number of nitrogens with one attached hydrogen (secondary N) is 1. The maximum atomic E-state index is 5.06. The van der Waals surface area contributed by atoms with Gasteiger partial charge >= 0.3 is 0 Å². The summed E-state index contributed by atoms with van der Waals surface area (Å²) in [7, 11) is 4.08. The van der Waals surface area contributed by atoms with E-state index in [1.807, 2.05) is 7.05 Å². The quantitative estimate of drug-likeness (QED) is 0.587. The molecule has 5 heteroatoms. The molecular formula is C7H11N3S2. The van der Waals surface area contributed by atoms with Gasteiger partial charge in [-0.25, -0.2) is 0 Å². The Morgan fingerprint density at radius 2 is 2.17 bits per heavy atom. The third kappa shape index (κ3) is 0.754. The average molecular weight is 201 g/mol. The third-order valence-corrected chi connectivity index (χ3v) is 4.22. The lowest BCUT2D eigenvalue weighted by atomic mass is 10.4. The van der Waals surface area contributed by atoms with Crippen molar-refractivity contribution in [2.75, 3.05) is 14.1 Å². The molecule has 1 atom stereocenters. The monoisotopic (exact) mass is 201 g/mol. The second-order valence-corrected chi connectivity index (χ2v) is 4.46. The molecule has 0 aromatic heterocycles. The molecule has 1 N–H and O–H groups in total. The fraction of sp³-hybridized carbons (Fsp3) is 0.571. The molecule has 2 heterocycles. The van der Waals surface area contributed by atoms with Crippen LogP contribution in [0.5, 0.6) is 0 Å². The summed E-state index contributed by atoms with van der Waals surface area (Å²) in [4.78, 5) is 4.26. The Labute approximate surface area is 81.8 Å². The van der Waals surface area contributed by atoms with Crippen LogP contribution in [0.3, 0.4) is 0 Å². The number of hydrogen-bond acceptors (Lipinski definition) is 3. The molecule has 0 amide bonds. The van der Waals surface area contributed by atoms with Gasteiger partial charge in [0.15, 0.2) is 5.11 Å². The molecule has 0 saturated carbocycles. The molecule has 3 nitrogen and oxygen atoms in total. The van der Waals surface area contributed by atoms with Crippen molar-refractivity contribution < 1.29 is 0 Å². The molecule has 1 fully saturated rings. The van der Waals surface area contributed by atoms with Gasteiger partial charge in [0.05, 0.1) is 0 Å². The Morgan fingerprint density at radius 3 is 2.50 bits per heavy atom. The van der Waals surface area contributed by atoms with E-state index in [1.54, 1.807) is 11.8 Å². The predicted molar refractivity (Wildman–Crippen MR) is 55.3 cm³/mol. The van der Waals surface area contributed by atoms with Gasteiger partial charge in [-0.15, -0.1) is 0 Å². The van der Waals surface area contributed by atoms with Gasteiger partial charge in [0.1, 0.15) is 0 Å². The Bertz CT molecular complexity index is 276. The summed E-state index contributed by atoms with van der Waals surface area (Å²) in [6.07, 6.45) is 0. The van der Waals surface area contributed by atoms with Crippen LogP contribution >= 0.6 is 24.0 Å². The van der Waals surface area contributed by atoms with Crippen molar-refractivity contribution in [2.24, 2.45) is 0 Å². The van der Waals surface area contributed by atoms with Crippen molar-refractivity contribution >= 4 is 29.1 Å². The highest BCUT2D eigenvalue weighted by atomic mass is 32.2. The fourth-order valence-electron chi connectivity index (χ4n) is 1.37. The third-order valence-electron chi connectivity index (χ3n) is 2.41. The molecule has 2 aliphatic heterocycles. The number of thiocarbonyl (C=S) groups is 1. The van der Waals surface area contributed by atoms with Crippen molar-refractivity contribution in [2.45, 2.75) is 12.0 Å². The Hall–Kier alpha value is -0.420. The molecule has 66 valence electrons. The predicted octanol–water partition coefficient (Wildman–Crippen LogP) is 0.958. The maximum Gasteiger partial charge on any atom is 0.247 e. The van der Waals surface area contributed by atoms with Crippen LogP contribution in [0.15, 0.2) is 11.1 Å². The minimum absolute atomic E-state index is 0.124. The lowest BCUT2D eigenvalue weighted by molar-refractivity contribution is 0.0741. The van der Waals surface area contributed by atoms with E-state index in [2.05, 4.69) is 34.5 Å². The fourth-order valence-corrected chi connectivity index (χ4v) is 2.97. The van der Waals surface area contributed by atoms with Crippen molar-refractivity contribution in [1.29, 1.82) is 0 Å². The van der Waals surface area contributed by atoms with E-state index < -0.39 is 0 Å². The molecule has 2 aliphatic rings. The molecule has 1 saturated heterocycles. The van der Waals surface area contributed by atoms with Gasteiger partial charge in [0, 0.05) is 19.8 Å². The maximum absolute atomic E-state index is 5.06. The molecule has 0 aliphatic carbocycles. The van der Waals surface area contributed by atoms with E-state index >= 15 is 0 Å². The SMILES string of the molecule is CC1=CSC2(NC(=S)N2C)N1C. The zero-order valence-corrected chi connectivity index (χ0v) is 8.92. The molecule has 0 radical (unpaired) electrons.